The molecule has 0 unspecified atom stereocenters. The van der Waals surface area contributed by atoms with Crippen molar-refractivity contribution in [2.24, 2.45) is 5.41 Å². The molecule has 0 amide bonds. The highest BCUT2D eigenvalue weighted by Gasteiger charge is 2.43. The van der Waals surface area contributed by atoms with Gasteiger partial charge in [0.1, 0.15) is 12.4 Å². The molecule has 0 aromatic heterocycles. The summed E-state index contributed by atoms with van der Waals surface area (Å²) in [4.78, 5) is 26.4. The van der Waals surface area contributed by atoms with Crippen LogP contribution in [-0.2, 0) is 16.2 Å². The fraction of sp³-hybridized carbons (Fsp3) is 0.357. The standard InChI is InChI=1S/C28H28ClNO3/c1-28(2)14-22-27(24(32)15-28)25(26-21(30-22)10-5-11-23(26)31)18-7-4-9-20(13-18)33-16-17-6-3-8-19(29)12-17/h3-4,6-9,12-13,25,30H,5,10-11,14-16H2,1-2H3/t25-/m0/s1. The van der Waals surface area contributed by atoms with Crippen LogP contribution in [-0.4, -0.2) is 11.6 Å². The van der Waals surface area contributed by atoms with E-state index >= 15 is 0 Å². The molecule has 5 rings (SSSR count). The molecule has 0 spiro atoms. The molecule has 5 heteroatoms. The average molecular weight is 462 g/mol. The summed E-state index contributed by atoms with van der Waals surface area (Å²) in [6.07, 6.45) is 3.52. The van der Waals surface area contributed by atoms with E-state index in [0.717, 1.165) is 52.9 Å². The summed E-state index contributed by atoms with van der Waals surface area (Å²) in [5.41, 5.74) is 5.33. The van der Waals surface area contributed by atoms with Crippen LogP contribution in [0.2, 0.25) is 5.02 Å². The number of carbonyl (C=O) groups is 2. The lowest BCUT2D eigenvalue weighted by atomic mass is 9.67. The molecule has 3 aliphatic rings. The number of ether oxygens (including phenoxy) is 1. The van der Waals surface area contributed by atoms with Gasteiger partial charge >= 0.3 is 0 Å². The first kappa shape index (κ1) is 22.0. The first-order valence-corrected chi connectivity index (χ1v) is 12.0. The number of hydrogen-bond donors (Lipinski definition) is 1. The monoisotopic (exact) mass is 461 g/mol. The van der Waals surface area contributed by atoms with E-state index in [2.05, 4.69) is 19.2 Å². The van der Waals surface area contributed by atoms with Crippen molar-refractivity contribution in [2.45, 2.75) is 58.5 Å². The van der Waals surface area contributed by atoms with Gasteiger partial charge in [0, 0.05) is 46.3 Å². The predicted molar refractivity (Wildman–Crippen MR) is 129 cm³/mol. The quantitative estimate of drug-likeness (QED) is 0.584. The van der Waals surface area contributed by atoms with Crippen LogP contribution < -0.4 is 10.1 Å². The summed E-state index contributed by atoms with van der Waals surface area (Å²) >= 11 is 6.10. The van der Waals surface area contributed by atoms with E-state index in [9.17, 15) is 9.59 Å². The predicted octanol–water partition coefficient (Wildman–Crippen LogP) is 6.26. The van der Waals surface area contributed by atoms with E-state index in [1.54, 1.807) is 0 Å². The normalized spacial score (nSPS) is 22.0. The zero-order valence-corrected chi connectivity index (χ0v) is 19.8. The lowest BCUT2D eigenvalue weighted by molar-refractivity contribution is -0.118. The minimum atomic E-state index is -0.331. The fourth-order valence-corrected chi connectivity index (χ4v) is 5.56. The van der Waals surface area contributed by atoms with E-state index in [4.69, 9.17) is 16.3 Å². The van der Waals surface area contributed by atoms with Crippen LogP contribution >= 0.6 is 11.6 Å². The molecule has 33 heavy (non-hydrogen) atoms. The van der Waals surface area contributed by atoms with Gasteiger partial charge in [-0.1, -0.05) is 49.7 Å². The number of nitrogens with one attached hydrogen (secondary N) is 1. The van der Waals surface area contributed by atoms with Crippen molar-refractivity contribution < 1.29 is 14.3 Å². The Morgan fingerprint density at radius 2 is 1.76 bits per heavy atom. The number of ketones is 2. The third kappa shape index (κ3) is 4.37. The van der Waals surface area contributed by atoms with Gasteiger partial charge in [0.2, 0.25) is 0 Å². The smallest absolute Gasteiger partial charge is 0.162 e. The molecule has 2 aromatic carbocycles. The summed E-state index contributed by atoms with van der Waals surface area (Å²) in [6, 6.07) is 15.4. The zero-order chi connectivity index (χ0) is 23.2. The molecule has 1 heterocycles. The zero-order valence-electron chi connectivity index (χ0n) is 19.0. The Labute approximate surface area is 199 Å². The summed E-state index contributed by atoms with van der Waals surface area (Å²) in [7, 11) is 0. The van der Waals surface area contributed by atoms with E-state index in [1.165, 1.54) is 0 Å². The minimum Gasteiger partial charge on any atom is -0.489 e. The molecule has 1 N–H and O–H groups in total. The van der Waals surface area contributed by atoms with Crippen molar-refractivity contribution >= 4 is 23.2 Å². The van der Waals surface area contributed by atoms with E-state index in [1.807, 2.05) is 48.5 Å². The molecule has 0 radical (unpaired) electrons. The van der Waals surface area contributed by atoms with Crippen LogP contribution in [0.1, 0.15) is 63.0 Å². The highest BCUT2D eigenvalue weighted by Crippen LogP contribution is 2.48. The van der Waals surface area contributed by atoms with E-state index in [-0.39, 0.29) is 22.9 Å². The summed E-state index contributed by atoms with van der Waals surface area (Å²) in [5, 5.41) is 4.19. The topological polar surface area (TPSA) is 55.4 Å². The molecule has 0 saturated carbocycles. The number of dihydropyridines is 1. The van der Waals surface area contributed by atoms with Gasteiger partial charge in [-0.05, 0) is 60.1 Å². The molecule has 2 aliphatic carbocycles. The van der Waals surface area contributed by atoms with Crippen molar-refractivity contribution in [3.63, 3.8) is 0 Å². The lowest BCUT2D eigenvalue weighted by Crippen LogP contribution is -2.39. The number of carbonyl (C=O) groups excluding carboxylic acids is 2. The molecular formula is C28H28ClNO3. The maximum Gasteiger partial charge on any atom is 0.162 e. The van der Waals surface area contributed by atoms with Gasteiger partial charge in [0.15, 0.2) is 11.6 Å². The van der Waals surface area contributed by atoms with Crippen LogP contribution in [0.5, 0.6) is 5.75 Å². The molecular weight excluding hydrogens is 434 g/mol. The number of hydrogen-bond acceptors (Lipinski definition) is 4. The lowest BCUT2D eigenvalue weighted by Gasteiger charge is -2.41. The van der Waals surface area contributed by atoms with Crippen LogP contribution in [0.15, 0.2) is 71.1 Å². The van der Waals surface area contributed by atoms with Crippen molar-refractivity contribution in [1.82, 2.24) is 5.32 Å². The average Bonchev–Trinajstić information content (AvgIpc) is 2.76. The maximum atomic E-state index is 13.4. The molecule has 170 valence electrons. The van der Waals surface area contributed by atoms with Crippen LogP contribution in [0.25, 0.3) is 0 Å². The highest BCUT2D eigenvalue weighted by atomic mass is 35.5. The van der Waals surface area contributed by atoms with Crippen LogP contribution in [0.3, 0.4) is 0 Å². The Morgan fingerprint density at radius 1 is 0.970 bits per heavy atom. The highest BCUT2D eigenvalue weighted by molar-refractivity contribution is 6.30. The first-order valence-electron chi connectivity index (χ1n) is 11.6. The number of rotatable bonds is 4. The second-order valence-corrected chi connectivity index (χ2v) is 10.5. The third-order valence-corrected chi connectivity index (χ3v) is 6.98. The van der Waals surface area contributed by atoms with Crippen molar-refractivity contribution in [1.29, 1.82) is 0 Å². The van der Waals surface area contributed by atoms with E-state index < -0.39 is 0 Å². The van der Waals surface area contributed by atoms with Gasteiger partial charge < -0.3 is 10.1 Å². The number of benzene rings is 2. The second-order valence-electron chi connectivity index (χ2n) is 10.1. The Balaban J connectivity index is 1.52. The Morgan fingerprint density at radius 3 is 2.58 bits per heavy atom. The largest absolute Gasteiger partial charge is 0.489 e. The Bertz CT molecular complexity index is 1210. The van der Waals surface area contributed by atoms with Crippen molar-refractivity contribution in [3.05, 3.63) is 87.2 Å². The third-order valence-electron chi connectivity index (χ3n) is 6.74. The number of Topliss-reactive ketones (excluding diaryl/α,β-unsaturated/α-hetero) is 2. The van der Waals surface area contributed by atoms with Crippen molar-refractivity contribution in [3.8, 4) is 5.75 Å². The van der Waals surface area contributed by atoms with Crippen molar-refractivity contribution in [2.75, 3.05) is 0 Å². The summed E-state index contributed by atoms with van der Waals surface area (Å²) in [5.74, 6) is 0.654. The molecule has 0 fully saturated rings. The Hall–Kier alpha value is -2.85. The van der Waals surface area contributed by atoms with E-state index in [0.29, 0.717) is 30.2 Å². The molecule has 4 nitrogen and oxygen atoms in total. The molecule has 1 aliphatic heterocycles. The van der Waals surface area contributed by atoms with Gasteiger partial charge in [-0.15, -0.1) is 0 Å². The minimum absolute atomic E-state index is 0.0911. The molecule has 2 aromatic rings. The molecule has 1 atom stereocenters. The summed E-state index contributed by atoms with van der Waals surface area (Å²) < 4.78 is 6.06. The van der Waals surface area contributed by atoms with Gasteiger partial charge in [-0.25, -0.2) is 0 Å². The SMILES string of the molecule is CC1(C)CC(=O)C2=C(C1)NC1=C(C(=O)CCC1)[C@@H]2c1cccc(OCc2cccc(Cl)c2)c1. The summed E-state index contributed by atoms with van der Waals surface area (Å²) in [6.45, 7) is 4.65. The first-order chi connectivity index (χ1) is 15.8. The number of allylic oxidation sites excluding steroid dienone is 4. The van der Waals surface area contributed by atoms with Gasteiger partial charge in [0.25, 0.3) is 0 Å². The molecule has 0 saturated heterocycles. The van der Waals surface area contributed by atoms with Gasteiger partial charge in [0.05, 0.1) is 0 Å². The maximum absolute atomic E-state index is 13.4. The van der Waals surface area contributed by atoms with Crippen LogP contribution in [0, 0.1) is 5.41 Å². The fourth-order valence-electron chi connectivity index (χ4n) is 5.35. The Kier molecular flexibility index (Phi) is 5.65. The number of halogens is 1. The second kappa shape index (κ2) is 8.49. The van der Waals surface area contributed by atoms with Gasteiger partial charge in [-0.2, -0.15) is 0 Å². The molecule has 0 bridgehead atoms. The van der Waals surface area contributed by atoms with Gasteiger partial charge in [-0.3, -0.25) is 9.59 Å². The van der Waals surface area contributed by atoms with Crippen LogP contribution in [0.4, 0.5) is 0 Å².